The molecule has 2 N–H and O–H groups in total. The summed E-state index contributed by atoms with van der Waals surface area (Å²) in [4.78, 5) is 72.5. The summed E-state index contributed by atoms with van der Waals surface area (Å²) in [5.41, 5.74) is 4.11. The highest BCUT2D eigenvalue weighted by Gasteiger charge is 2.51. The zero-order valence-electron chi connectivity index (χ0n) is 27.0. The predicted octanol–water partition coefficient (Wildman–Crippen LogP) is 3.27. The van der Waals surface area contributed by atoms with Crippen molar-refractivity contribution in [3.63, 3.8) is 0 Å². The average molecular weight is 670 g/mol. The lowest BCUT2D eigenvalue weighted by Gasteiger charge is -2.44. The van der Waals surface area contributed by atoms with Gasteiger partial charge in [-0.25, -0.2) is 9.59 Å². The van der Waals surface area contributed by atoms with E-state index in [1.54, 1.807) is 0 Å². The van der Waals surface area contributed by atoms with Gasteiger partial charge in [0.05, 0.1) is 6.10 Å². The number of carboxylic acid groups (broad SMARTS) is 1. The molecular formula is C34H39NO13. The number of rotatable bonds is 13. The van der Waals surface area contributed by atoms with E-state index >= 15 is 0 Å². The van der Waals surface area contributed by atoms with Crippen LogP contribution in [-0.4, -0.2) is 90.8 Å². The van der Waals surface area contributed by atoms with Gasteiger partial charge in [0.25, 0.3) is 0 Å². The molecule has 2 aromatic carbocycles. The van der Waals surface area contributed by atoms with E-state index in [4.69, 9.17) is 28.4 Å². The Morgan fingerprint density at radius 1 is 0.708 bits per heavy atom. The topological polar surface area (TPSA) is 190 Å². The zero-order valence-corrected chi connectivity index (χ0v) is 27.0. The average Bonchev–Trinajstić information content (AvgIpc) is 3.34. The summed E-state index contributed by atoms with van der Waals surface area (Å²) < 4.78 is 32.9. The molecule has 6 atom stereocenters. The van der Waals surface area contributed by atoms with Gasteiger partial charge in [-0.3, -0.25) is 19.2 Å². The number of fused-ring (bicyclic) bond motifs is 3. The van der Waals surface area contributed by atoms with Crippen molar-refractivity contribution < 1.29 is 62.3 Å². The van der Waals surface area contributed by atoms with Crippen molar-refractivity contribution in [3.05, 3.63) is 59.7 Å². The SMILES string of the molecule is CC(=O)OCC1O[C@@H](CCC[C@H](NC(=O)OCC2c3ccccc3-c3ccccc32)C(=O)O)C(OC(C)=O)[C@@H](OC(C)=O)[C@H]1OC(C)=O. The minimum atomic E-state index is -1.34. The molecule has 1 amide bonds. The van der Waals surface area contributed by atoms with Crippen LogP contribution in [0.2, 0.25) is 0 Å². The number of carbonyl (C=O) groups is 6. The van der Waals surface area contributed by atoms with Gasteiger partial charge in [-0.1, -0.05) is 48.5 Å². The number of benzene rings is 2. The van der Waals surface area contributed by atoms with Crippen LogP contribution in [0.3, 0.4) is 0 Å². The van der Waals surface area contributed by atoms with Crippen molar-refractivity contribution in [2.45, 2.75) is 89.4 Å². The van der Waals surface area contributed by atoms with Crippen molar-refractivity contribution in [1.82, 2.24) is 5.32 Å². The first kappa shape index (κ1) is 35.9. The summed E-state index contributed by atoms with van der Waals surface area (Å²) in [6.45, 7) is 4.16. The summed E-state index contributed by atoms with van der Waals surface area (Å²) in [5.74, 6) is -4.42. The molecule has 0 saturated carbocycles. The summed E-state index contributed by atoms with van der Waals surface area (Å²) in [7, 11) is 0. The molecule has 2 unspecified atom stereocenters. The maximum Gasteiger partial charge on any atom is 0.407 e. The van der Waals surface area contributed by atoms with Crippen molar-refractivity contribution in [1.29, 1.82) is 0 Å². The number of alkyl carbamates (subject to hydrolysis) is 1. The number of carbonyl (C=O) groups excluding carboxylic acids is 5. The molecule has 0 spiro atoms. The fourth-order valence-electron chi connectivity index (χ4n) is 6.11. The first-order valence-corrected chi connectivity index (χ1v) is 15.5. The van der Waals surface area contributed by atoms with E-state index < -0.39 is 72.5 Å². The lowest BCUT2D eigenvalue weighted by Crippen LogP contribution is -2.62. The highest BCUT2D eigenvalue weighted by atomic mass is 16.7. The molecule has 0 bridgehead atoms. The quantitative estimate of drug-likeness (QED) is 0.234. The number of hydrogen-bond acceptors (Lipinski definition) is 12. The summed E-state index contributed by atoms with van der Waals surface area (Å²) >= 11 is 0. The first-order chi connectivity index (χ1) is 22.8. The summed E-state index contributed by atoms with van der Waals surface area (Å²) in [6.07, 6.45) is -6.82. The Hall–Kier alpha value is -4.98. The van der Waals surface area contributed by atoms with Crippen LogP contribution < -0.4 is 5.32 Å². The van der Waals surface area contributed by atoms with Crippen molar-refractivity contribution in [3.8, 4) is 11.1 Å². The third kappa shape index (κ3) is 9.09. The monoisotopic (exact) mass is 669 g/mol. The van der Waals surface area contributed by atoms with E-state index in [0.717, 1.165) is 43.0 Å². The van der Waals surface area contributed by atoms with Crippen molar-refractivity contribution in [2.75, 3.05) is 13.2 Å². The molecule has 48 heavy (non-hydrogen) atoms. The zero-order chi connectivity index (χ0) is 35.0. The highest BCUT2D eigenvalue weighted by molar-refractivity contribution is 5.81. The number of hydrogen-bond donors (Lipinski definition) is 2. The molecule has 1 saturated heterocycles. The minimum absolute atomic E-state index is 0.00304. The maximum absolute atomic E-state index is 12.8. The van der Waals surface area contributed by atoms with Gasteiger partial charge in [-0.2, -0.15) is 0 Å². The van der Waals surface area contributed by atoms with Gasteiger partial charge in [-0.05, 0) is 41.5 Å². The van der Waals surface area contributed by atoms with Crippen molar-refractivity contribution in [2.24, 2.45) is 0 Å². The fourth-order valence-corrected chi connectivity index (χ4v) is 6.11. The highest BCUT2D eigenvalue weighted by Crippen LogP contribution is 2.44. The molecule has 0 radical (unpaired) electrons. The van der Waals surface area contributed by atoms with Gasteiger partial charge < -0.3 is 38.8 Å². The Morgan fingerprint density at radius 3 is 1.75 bits per heavy atom. The van der Waals surface area contributed by atoms with Crippen molar-refractivity contribution >= 4 is 35.9 Å². The molecule has 4 rings (SSSR count). The van der Waals surface area contributed by atoms with E-state index in [2.05, 4.69) is 5.32 Å². The Balaban J connectivity index is 1.42. The molecule has 2 aliphatic rings. The number of ether oxygens (including phenoxy) is 6. The molecule has 2 aromatic rings. The third-order valence-corrected chi connectivity index (χ3v) is 8.00. The molecule has 1 aliphatic heterocycles. The number of aliphatic carboxylic acids is 1. The second kappa shape index (κ2) is 16.2. The van der Waals surface area contributed by atoms with E-state index in [0.29, 0.717) is 0 Å². The standard InChI is InChI=1S/C34H39NO13/c1-18(36)43-17-29-31(46-20(3)38)32(47-21(4)39)30(45-19(2)37)28(48-29)15-9-14-27(33(40)41)35-34(42)44-16-26-24-12-7-5-10-22(24)23-11-6-8-13-25(23)26/h5-8,10-13,26-32H,9,14-17H2,1-4H3,(H,35,42)(H,40,41)/t27-,28-,29?,30?,31-,32+/m0/s1. The second-order valence-electron chi connectivity index (χ2n) is 11.5. The third-order valence-electron chi connectivity index (χ3n) is 8.00. The number of amides is 1. The molecule has 1 fully saturated rings. The molecule has 14 heteroatoms. The predicted molar refractivity (Wildman–Crippen MR) is 165 cm³/mol. The van der Waals surface area contributed by atoms with Crippen LogP contribution in [0.25, 0.3) is 11.1 Å². The molecule has 1 aliphatic carbocycles. The van der Waals surface area contributed by atoms with Crippen LogP contribution in [0.5, 0.6) is 0 Å². The minimum Gasteiger partial charge on any atom is -0.480 e. The lowest BCUT2D eigenvalue weighted by atomic mass is 9.91. The van der Waals surface area contributed by atoms with Crippen LogP contribution in [0, 0.1) is 0 Å². The van der Waals surface area contributed by atoms with E-state index in [1.165, 1.54) is 6.92 Å². The molecule has 258 valence electrons. The van der Waals surface area contributed by atoms with Gasteiger partial charge in [0.2, 0.25) is 0 Å². The van der Waals surface area contributed by atoms with E-state index in [1.807, 2.05) is 48.5 Å². The Morgan fingerprint density at radius 2 is 1.23 bits per heavy atom. The van der Waals surface area contributed by atoms with Gasteiger partial charge in [0, 0.05) is 33.6 Å². The molecule has 14 nitrogen and oxygen atoms in total. The largest absolute Gasteiger partial charge is 0.480 e. The Labute approximate surface area is 277 Å². The number of esters is 4. The molecular weight excluding hydrogens is 630 g/mol. The molecule has 0 aromatic heterocycles. The fraction of sp³-hybridized carbons (Fsp3) is 0.471. The van der Waals surface area contributed by atoms with Crippen LogP contribution in [0.1, 0.15) is 64.0 Å². The summed E-state index contributed by atoms with van der Waals surface area (Å²) in [6, 6.07) is 14.3. The van der Waals surface area contributed by atoms with Crippen LogP contribution in [0.15, 0.2) is 48.5 Å². The van der Waals surface area contributed by atoms with Crippen LogP contribution >= 0.6 is 0 Å². The number of nitrogens with one attached hydrogen (secondary N) is 1. The maximum atomic E-state index is 12.8. The summed E-state index contributed by atoms with van der Waals surface area (Å²) in [5, 5.41) is 12.3. The molecule has 1 heterocycles. The van der Waals surface area contributed by atoms with E-state index in [9.17, 15) is 33.9 Å². The van der Waals surface area contributed by atoms with Crippen LogP contribution in [-0.2, 0) is 52.4 Å². The Kier molecular flexibility index (Phi) is 12.1. The van der Waals surface area contributed by atoms with Gasteiger partial charge in [-0.15, -0.1) is 0 Å². The number of carboxylic acids is 1. The smallest absolute Gasteiger partial charge is 0.407 e. The van der Waals surface area contributed by atoms with Gasteiger partial charge in [0.1, 0.15) is 25.4 Å². The van der Waals surface area contributed by atoms with E-state index in [-0.39, 0.29) is 38.4 Å². The van der Waals surface area contributed by atoms with Gasteiger partial charge in [0.15, 0.2) is 18.3 Å². The van der Waals surface area contributed by atoms with Gasteiger partial charge >= 0.3 is 35.9 Å². The first-order valence-electron chi connectivity index (χ1n) is 15.5. The Bertz CT molecular complexity index is 1480. The van der Waals surface area contributed by atoms with Crippen LogP contribution in [0.4, 0.5) is 4.79 Å². The lowest BCUT2D eigenvalue weighted by molar-refractivity contribution is -0.253. The normalized spacial score (nSPS) is 21.9. The second-order valence-corrected chi connectivity index (χ2v) is 11.5.